The topological polar surface area (TPSA) is 153 Å². The standard InChI is InChI=1S/C26H27N3O4.C18H20N2O2.C8H8BrNO2/c1-32-25(30)20-10-11-21(27-18-20)19-29(26(31)28-16-6-3-7-17-28)22-12-14-24(15-13-22)33-23-8-4-2-5-9-23;21-18(20-13-5-2-6-14-20)19-15-9-11-17(12-10-15)22-16-7-3-1-4-8-16;1-12-8(11)6-2-3-7(4-9)10-5-6/h2,4-5,8-15,18H,3,6-7,16-17,19H2,1H3;1,3-4,7-12H,2,5-6,13-14H2,(H,19,21);2-3,5H,4H2,1H3. The first kappa shape index (κ1) is 49.2. The summed E-state index contributed by atoms with van der Waals surface area (Å²) < 4.78 is 20.9. The predicted octanol–water partition coefficient (Wildman–Crippen LogP) is 11.5. The number of pyridine rings is 2. The van der Waals surface area contributed by atoms with Gasteiger partial charge in [0.25, 0.3) is 0 Å². The Hall–Kier alpha value is -7.26. The lowest BCUT2D eigenvalue weighted by Gasteiger charge is -2.33. The molecule has 2 fully saturated rings. The van der Waals surface area contributed by atoms with Gasteiger partial charge >= 0.3 is 24.0 Å². The van der Waals surface area contributed by atoms with Crippen molar-refractivity contribution < 1.29 is 38.1 Å². The van der Waals surface area contributed by atoms with Crippen molar-refractivity contribution >= 4 is 51.3 Å². The predicted molar refractivity (Wildman–Crippen MR) is 261 cm³/mol. The molecule has 0 unspecified atom stereocenters. The molecule has 0 spiro atoms. The van der Waals surface area contributed by atoms with Gasteiger partial charge in [-0.05, 0) is 136 Å². The Morgan fingerprint density at radius 2 is 1.00 bits per heavy atom. The molecule has 0 radical (unpaired) electrons. The van der Waals surface area contributed by atoms with Gasteiger partial charge in [0, 0.05) is 55.3 Å². The molecule has 2 aromatic heterocycles. The van der Waals surface area contributed by atoms with E-state index in [1.807, 2.05) is 119 Å². The lowest BCUT2D eigenvalue weighted by Crippen LogP contribution is -2.45. The number of hydrogen-bond donors (Lipinski definition) is 1. The minimum absolute atomic E-state index is 0.0172. The first-order valence-electron chi connectivity index (χ1n) is 22.1. The molecule has 348 valence electrons. The number of nitrogens with one attached hydrogen (secondary N) is 1. The molecule has 0 bridgehead atoms. The Morgan fingerprint density at radius 3 is 1.45 bits per heavy atom. The second-order valence-electron chi connectivity index (χ2n) is 15.4. The van der Waals surface area contributed by atoms with E-state index in [1.54, 1.807) is 29.2 Å². The first-order chi connectivity index (χ1) is 32.7. The van der Waals surface area contributed by atoms with E-state index in [9.17, 15) is 19.2 Å². The molecule has 15 heteroatoms. The molecule has 8 rings (SSSR count). The summed E-state index contributed by atoms with van der Waals surface area (Å²) in [4.78, 5) is 62.1. The van der Waals surface area contributed by atoms with Crippen molar-refractivity contribution in [3.8, 4) is 23.0 Å². The molecule has 2 saturated heterocycles. The maximum absolute atomic E-state index is 13.4. The van der Waals surface area contributed by atoms with Gasteiger partial charge < -0.3 is 34.1 Å². The Bertz CT molecular complexity index is 2450. The van der Waals surface area contributed by atoms with Gasteiger partial charge in [0.2, 0.25) is 0 Å². The highest BCUT2D eigenvalue weighted by molar-refractivity contribution is 9.08. The van der Waals surface area contributed by atoms with E-state index in [4.69, 9.17) is 14.2 Å². The Labute approximate surface area is 400 Å². The zero-order valence-electron chi connectivity index (χ0n) is 37.7. The van der Waals surface area contributed by atoms with Crippen LogP contribution in [0.5, 0.6) is 23.0 Å². The normalized spacial score (nSPS) is 13.0. The van der Waals surface area contributed by atoms with Crippen LogP contribution in [-0.4, -0.2) is 84.2 Å². The van der Waals surface area contributed by atoms with Crippen molar-refractivity contribution in [1.82, 2.24) is 19.8 Å². The summed E-state index contributed by atoms with van der Waals surface area (Å²) in [6, 6.07) is 40.9. The number of esters is 2. The van der Waals surface area contributed by atoms with Gasteiger partial charge in [-0.15, -0.1) is 0 Å². The van der Waals surface area contributed by atoms with Crippen LogP contribution in [0.3, 0.4) is 0 Å². The molecule has 14 nitrogen and oxygen atoms in total. The number of likely N-dealkylation sites (tertiary alicyclic amines) is 2. The van der Waals surface area contributed by atoms with Gasteiger partial charge in [0.1, 0.15) is 23.0 Å². The van der Waals surface area contributed by atoms with Crippen LogP contribution in [0.15, 0.2) is 146 Å². The average Bonchev–Trinajstić information content (AvgIpc) is 3.40. The van der Waals surface area contributed by atoms with Crippen LogP contribution in [0.2, 0.25) is 0 Å². The molecule has 0 aliphatic carbocycles. The SMILES string of the molecule is COC(=O)c1ccc(CBr)nc1.COC(=O)c1ccc(CN(C(=O)N2CCCCC2)c2ccc(Oc3ccccc3)cc2)nc1.O=C(Nc1ccc(Oc2ccccc2)cc1)N1CCCCC1. The number of carbonyl (C=O) groups is 4. The number of carbonyl (C=O) groups excluding carboxylic acids is 4. The van der Waals surface area contributed by atoms with Crippen LogP contribution >= 0.6 is 15.9 Å². The molecule has 0 saturated carbocycles. The molecule has 4 heterocycles. The second-order valence-corrected chi connectivity index (χ2v) is 16.0. The van der Waals surface area contributed by atoms with E-state index >= 15 is 0 Å². The van der Waals surface area contributed by atoms with Crippen molar-refractivity contribution in [2.45, 2.75) is 50.4 Å². The third-order valence-corrected chi connectivity index (χ3v) is 11.2. The molecule has 4 aromatic carbocycles. The molecule has 67 heavy (non-hydrogen) atoms. The molecule has 6 aromatic rings. The average molecular weight is 972 g/mol. The summed E-state index contributed by atoms with van der Waals surface area (Å²) in [5, 5.41) is 3.62. The largest absolute Gasteiger partial charge is 0.465 e. The van der Waals surface area contributed by atoms with E-state index in [2.05, 4.69) is 36.0 Å². The third-order valence-electron chi connectivity index (χ3n) is 10.7. The van der Waals surface area contributed by atoms with E-state index in [0.29, 0.717) is 27.9 Å². The van der Waals surface area contributed by atoms with Gasteiger partial charge in [-0.25, -0.2) is 19.2 Å². The summed E-state index contributed by atoms with van der Waals surface area (Å²) in [6.07, 6.45) is 9.55. The Morgan fingerprint density at radius 1 is 0.552 bits per heavy atom. The molecular formula is C52H55BrN6O8. The number of piperidine rings is 2. The summed E-state index contributed by atoms with van der Waals surface area (Å²) in [6.45, 7) is 3.48. The number of nitrogens with zero attached hydrogens (tertiary/aromatic N) is 5. The number of urea groups is 2. The van der Waals surface area contributed by atoms with Crippen LogP contribution in [0.4, 0.5) is 21.0 Å². The fourth-order valence-corrected chi connectivity index (χ4v) is 7.37. The molecule has 1 N–H and O–H groups in total. The third kappa shape index (κ3) is 15.4. The number of aromatic nitrogens is 2. The fraction of sp³-hybridized carbons (Fsp3) is 0.269. The van der Waals surface area contributed by atoms with Crippen molar-refractivity contribution in [3.63, 3.8) is 0 Å². The number of methoxy groups -OCH3 is 2. The van der Waals surface area contributed by atoms with Crippen molar-refractivity contribution in [2.75, 3.05) is 50.6 Å². The summed E-state index contributed by atoms with van der Waals surface area (Å²) in [5.74, 6) is 2.19. The zero-order chi connectivity index (χ0) is 47.2. The van der Waals surface area contributed by atoms with Crippen LogP contribution in [0, 0.1) is 0 Å². The quantitative estimate of drug-likeness (QED) is 0.0980. The Balaban J connectivity index is 0.000000186. The lowest BCUT2D eigenvalue weighted by molar-refractivity contribution is 0.0591. The van der Waals surface area contributed by atoms with E-state index < -0.39 is 5.97 Å². The lowest BCUT2D eigenvalue weighted by atomic mass is 10.1. The van der Waals surface area contributed by atoms with Gasteiger partial charge in [-0.3, -0.25) is 14.9 Å². The minimum atomic E-state index is -0.440. The second kappa shape index (κ2) is 26.0. The van der Waals surface area contributed by atoms with Gasteiger partial charge in [0.15, 0.2) is 0 Å². The molecule has 4 amide bonds. The van der Waals surface area contributed by atoms with Crippen molar-refractivity contribution in [1.29, 1.82) is 0 Å². The van der Waals surface area contributed by atoms with Crippen LogP contribution < -0.4 is 19.7 Å². The molecule has 2 aliphatic heterocycles. The number of alkyl halides is 1. The first-order valence-corrected chi connectivity index (χ1v) is 23.3. The number of hydrogen-bond acceptors (Lipinski definition) is 10. The summed E-state index contributed by atoms with van der Waals surface area (Å²) in [7, 11) is 2.68. The zero-order valence-corrected chi connectivity index (χ0v) is 39.3. The fourth-order valence-electron chi connectivity index (χ4n) is 7.04. The number of para-hydroxylation sites is 2. The van der Waals surface area contributed by atoms with Gasteiger partial charge in [-0.2, -0.15) is 0 Å². The smallest absolute Gasteiger partial charge is 0.339 e. The molecule has 2 aliphatic rings. The van der Waals surface area contributed by atoms with Crippen LogP contribution in [-0.2, 0) is 21.3 Å². The van der Waals surface area contributed by atoms with Crippen LogP contribution in [0.1, 0.15) is 70.6 Å². The highest BCUT2D eigenvalue weighted by Gasteiger charge is 2.25. The van der Waals surface area contributed by atoms with Gasteiger partial charge in [-0.1, -0.05) is 52.3 Å². The van der Waals surface area contributed by atoms with E-state index in [1.165, 1.54) is 33.0 Å². The highest BCUT2D eigenvalue weighted by atomic mass is 79.9. The van der Waals surface area contributed by atoms with Gasteiger partial charge in [0.05, 0.1) is 43.3 Å². The van der Waals surface area contributed by atoms with E-state index in [-0.39, 0.29) is 24.6 Å². The van der Waals surface area contributed by atoms with Crippen molar-refractivity contribution in [2.24, 2.45) is 0 Å². The van der Waals surface area contributed by atoms with Crippen molar-refractivity contribution in [3.05, 3.63) is 168 Å². The molecule has 0 atom stereocenters. The monoisotopic (exact) mass is 970 g/mol. The number of anilines is 2. The number of rotatable bonds is 11. The summed E-state index contributed by atoms with van der Waals surface area (Å²) >= 11 is 3.26. The number of ether oxygens (including phenoxy) is 4. The maximum Gasteiger partial charge on any atom is 0.339 e. The number of amides is 4. The van der Waals surface area contributed by atoms with E-state index in [0.717, 1.165) is 92.6 Å². The minimum Gasteiger partial charge on any atom is -0.465 e. The maximum atomic E-state index is 13.4. The highest BCUT2D eigenvalue weighted by Crippen LogP contribution is 2.27. The molecular weight excluding hydrogens is 917 g/mol. The summed E-state index contributed by atoms with van der Waals surface area (Å²) in [5.41, 5.74) is 3.96. The number of halogens is 1. The Kier molecular flexibility index (Phi) is 19.1. The number of benzene rings is 4. The van der Waals surface area contributed by atoms with Crippen LogP contribution in [0.25, 0.3) is 0 Å².